The van der Waals surface area contributed by atoms with Gasteiger partial charge in [0.2, 0.25) is 5.75 Å². The summed E-state index contributed by atoms with van der Waals surface area (Å²) in [7, 11) is 4.56. The van der Waals surface area contributed by atoms with Gasteiger partial charge in [-0.05, 0) is 24.3 Å². The predicted molar refractivity (Wildman–Crippen MR) is 98.2 cm³/mol. The lowest BCUT2D eigenvalue weighted by Crippen LogP contribution is -2.27. The van der Waals surface area contributed by atoms with Crippen LogP contribution in [0.1, 0.15) is 10.4 Å². The molecular weight excluding hydrogens is 334 g/mol. The van der Waals surface area contributed by atoms with Gasteiger partial charge in [-0.15, -0.1) is 0 Å². The van der Waals surface area contributed by atoms with Gasteiger partial charge in [0.05, 0.1) is 38.7 Å². The summed E-state index contributed by atoms with van der Waals surface area (Å²) in [5.41, 5.74) is 2.41. The summed E-state index contributed by atoms with van der Waals surface area (Å²) in [6.07, 6.45) is 1.77. The number of carbonyl (C=O) groups excluding carboxylic acids is 1. The van der Waals surface area contributed by atoms with Crippen LogP contribution in [0.15, 0.2) is 42.7 Å². The molecule has 0 radical (unpaired) electrons. The highest BCUT2D eigenvalue weighted by Gasteiger charge is 2.16. The monoisotopic (exact) mass is 355 g/mol. The Kier molecular flexibility index (Phi) is 5.26. The number of nitrogens with zero attached hydrogens (tertiary/aromatic N) is 2. The first-order valence-electron chi connectivity index (χ1n) is 8.16. The van der Waals surface area contributed by atoms with Gasteiger partial charge in [-0.25, -0.2) is 4.98 Å². The fraction of sp³-hybridized carbons (Fsp3) is 0.263. The number of rotatable bonds is 7. The number of ether oxygens (including phenoxy) is 3. The second-order valence-electron chi connectivity index (χ2n) is 5.60. The van der Waals surface area contributed by atoms with E-state index in [2.05, 4.69) is 10.3 Å². The third-order valence-electron chi connectivity index (χ3n) is 4.09. The van der Waals surface area contributed by atoms with E-state index in [9.17, 15) is 4.79 Å². The number of carbonyl (C=O) groups is 1. The van der Waals surface area contributed by atoms with Crippen molar-refractivity contribution in [1.82, 2.24) is 14.9 Å². The molecule has 1 amide bonds. The van der Waals surface area contributed by atoms with E-state index in [4.69, 9.17) is 14.2 Å². The number of hydrogen-bond donors (Lipinski definition) is 1. The van der Waals surface area contributed by atoms with Gasteiger partial charge < -0.3 is 24.1 Å². The lowest BCUT2D eigenvalue weighted by Gasteiger charge is -2.14. The van der Waals surface area contributed by atoms with E-state index in [-0.39, 0.29) is 5.91 Å². The summed E-state index contributed by atoms with van der Waals surface area (Å²) in [5.74, 6) is 1.13. The van der Waals surface area contributed by atoms with Crippen molar-refractivity contribution in [3.05, 3.63) is 48.3 Å². The zero-order valence-electron chi connectivity index (χ0n) is 15.0. The van der Waals surface area contributed by atoms with Gasteiger partial charge in [-0.1, -0.05) is 12.1 Å². The Labute approximate surface area is 151 Å². The maximum Gasteiger partial charge on any atom is 0.251 e. The number of benzene rings is 2. The smallest absolute Gasteiger partial charge is 0.251 e. The molecule has 7 nitrogen and oxygen atoms in total. The van der Waals surface area contributed by atoms with Crippen LogP contribution < -0.4 is 19.5 Å². The van der Waals surface area contributed by atoms with Gasteiger partial charge in [0, 0.05) is 18.7 Å². The Morgan fingerprint density at radius 1 is 1.08 bits per heavy atom. The Morgan fingerprint density at radius 2 is 1.77 bits per heavy atom. The summed E-state index contributed by atoms with van der Waals surface area (Å²) >= 11 is 0. The van der Waals surface area contributed by atoms with Crippen molar-refractivity contribution < 1.29 is 19.0 Å². The third-order valence-corrected chi connectivity index (χ3v) is 4.09. The van der Waals surface area contributed by atoms with Crippen LogP contribution >= 0.6 is 0 Å². The van der Waals surface area contributed by atoms with Gasteiger partial charge in [0.1, 0.15) is 0 Å². The molecule has 1 aromatic heterocycles. The van der Waals surface area contributed by atoms with E-state index in [1.54, 1.807) is 18.5 Å². The van der Waals surface area contributed by atoms with Crippen LogP contribution in [0.2, 0.25) is 0 Å². The highest BCUT2D eigenvalue weighted by molar-refractivity contribution is 5.95. The molecule has 26 heavy (non-hydrogen) atoms. The van der Waals surface area contributed by atoms with Crippen LogP contribution in [0.5, 0.6) is 17.2 Å². The number of nitrogens with one attached hydrogen (secondary N) is 1. The van der Waals surface area contributed by atoms with Gasteiger partial charge in [-0.2, -0.15) is 0 Å². The fourth-order valence-corrected chi connectivity index (χ4v) is 2.79. The minimum absolute atomic E-state index is 0.214. The number of hydrogen-bond acceptors (Lipinski definition) is 5. The zero-order chi connectivity index (χ0) is 18.5. The number of amides is 1. The minimum atomic E-state index is -0.214. The molecule has 0 saturated heterocycles. The number of aromatic nitrogens is 2. The molecule has 0 aliphatic rings. The van der Waals surface area contributed by atoms with Crippen LogP contribution in [0.3, 0.4) is 0 Å². The highest BCUT2D eigenvalue weighted by Crippen LogP contribution is 2.38. The molecule has 0 aliphatic heterocycles. The third kappa shape index (κ3) is 3.42. The molecular formula is C19H21N3O4. The molecule has 0 aliphatic carbocycles. The molecule has 1 heterocycles. The molecule has 7 heteroatoms. The lowest BCUT2D eigenvalue weighted by atomic mass is 10.1. The van der Waals surface area contributed by atoms with Crippen LogP contribution in [0.4, 0.5) is 0 Å². The Morgan fingerprint density at radius 3 is 2.42 bits per heavy atom. The van der Waals surface area contributed by atoms with Crippen LogP contribution in [0, 0.1) is 0 Å². The van der Waals surface area contributed by atoms with Gasteiger partial charge in [0.25, 0.3) is 5.91 Å². The quantitative estimate of drug-likeness (QED) is 0.705. The first-order chi connectivity index (χ1) is 12.7. The first-order valence-corrected chi connectivity index (χ1v) is 8.16. The number of imidazole rings is 1. The molecule has 0 bridgehead atoms. The minimum Gasteiger partial charge on any atom is -0.493 e. The summed E-state index contributed by atoms with van der Waals surface area (Å²) in [6.45, 7) is 1.09. The van der Waals surface area contributed by atoms with Crippen molar-refractivity contribution >= 4 is 16.9 Å². The highest BCUT2D eigenvalue weighted by atomic mass is 16.5. The van der Waals surface area contributed by atoms with Crippen molar-refractivity contribution in [3.63, 3.8) is 0 Å². The van der Waals surface area contributed by atoms with Crippen molar-refractivity contribution in [2.24, 2.45) is 0 Å². The average Bonchev–Trinajstić information content (AvgIpc) is 3.09. The molecule has 3 aromatic rings. The molecule has 0 unspecified atom stereocenters. The Hall–Kier alpha value is -3.22. The summed E-state index contributed by atoms with van der Waals surface area (Å²) < 4.78 is 17.8. The summed E-state index contributed by atoms with van der Waals surface area (Å²) in [5, 5.41) is 2.90. The van der Waals surface area contributed by atoms with E-state index >= 15 is 0 Å². The van der Waals surface area contributed by atoms with E-state index in [0.29, 0.717) is 35.9 Å². The van der Waals surface area contributed by atoms with Crippen molar-refractivity contribution in [3.8, 4) is 17.2 Å². The molecule has 0 atom stereocenters. The SMILES string of the molecule is COc1cc(C(=O)NCCn2cnc3ccccc32)cc(OC)c1OC. The second kappa shape index (κ2) is 7.77. The maximum absolute atomic E-state index is 12.5. The average molecular weight is 355 g/mol. The molecule has 0 saturated carbocycles. The number of fused-ring (bicyclic) bond motifs is 1. The lowest BCUT2D eigenvalue weighted by molar-refractivity contribution is 0.0951. The normalized spacial score (nSPS) is 10.6. The Balaban J connectivity index is 1.70. The summed E-state index contributed by atoms with van der Waals surface area (Å²) in [6, 6.07) is 11.1. The molecule has 3 rings (SSSR count). The van der Waals surface area contributed by atoms with E-state index < -0.39 is 0 Å². The topological polar surface area (TPSA) is 74.6 Å². The zero-order valence-corrected chi connectivity index (χ0v) is 15.0. The molecule has 0 fully saturated rings. The largest absolute Gasteiger partial charge is 0.493 e. The van der Waals surface area contributed by atoms with E-state index in [0.717, 1.165) is 11.0 Å². The molecule has 1 N–H and O–H groups in total. The number of methoxy groups -OCH3 is 3. The molecule has 136 valence electrons. The fourth-order valence-electron chi connectivity index (χ4n) is 2.79. The predicted octanol–water partition coefficient (Wildman–Crippen LogP) is 2.49. The van der Waals surface area contributed by atoms with Crippen molar-refractivity contribution in [1.29, 1.82) is 0 Å². The standard InChI is InChI=1S/C19H21N3O4/c1-24-16-10-13(11-17(25-2)18(16)26-3)19(23)20-8-9-22-12-21-14-6-4-5-7-15(14)22/h4-7,10-12H,8-9H2,1-3H3,(H,20,23). The molecule has 0 spiro atoms. The maximum atomic E-state index is 12.5. The second-order valence-corrected chi connectivity index (χ2v) is 5.60. The van der Waals surface area contributed by atoms with Gasteiger partial charge in [-0.3, -0.25) is 4.79 Å². The van der Waals surface area contributed by atoms with Gasteiger partial charge in [0.15, 0.2) is 11.5 Å². The van der Waals surface area contributed by atoms with Gasteiger partial charge >= 0.3 is 0 Å². The van der Waals surface area contributed by atoms with Crippen LogP contribution in [-0.2, 0) is 6.54 Å². The van der Waals surface area contributed by atoms with Crippen LogP contribution in [-0.4, -0.2) is 43.3 Å². The van der Waals surface area contributed by atoms with Crippen molar-refractivity contribution in [2.45, 2.75) is 6.54 Å². The van der Waals surface area contributed by atoms with Crippen LogP contribution in [0.25, 0.3) is 11.0 Å². The first kappa shape index (κ1) is 17.6. The van der Waals surface area contributed by atoms with E-state index in [1.807, 2.05) is 28.8 Å². The Bertz CT molecular complexity index is 895. The molecule has 2 aromatic carbocycles. The van der Waals surface area contributed by atoms with Crippen molar-refractivity contribution in [2.75, 3.05) is 27.9 Å². The number of para-hydroxylation sites is 2. The van der Waals surface area contributed by atoms with E-state index in [1.165, 1.54) is 21.3 Å². The summed E-state index contributed by atoms with van der Waals surface area (Å²) in [4.78, 5) is 16.8.